The molecule has 8 aromatic rings. The second-order valence-electron chi connectivity index (χ2n) is 18.5. The van der Waals surface area contributed by atoms with Crippen LogP contribution in [-0.2, 0) is 42.2 Å². The molecule has 1 aliphatic heterocycles. The van der Waals surface area contributed by atoms with E-state index in [4.69, 9.17) is 28.7 Å². The molecule has 1 aliphatic rings. The minimum absolute atomic E-state index is 0.0667. The normalized spacial score (nSPS) is 12.9. The number of anilines is 3. The number of methoxy groups -OCH3 is 4. The van der Waals surface area contributed by atoms with Crippen LogP contribution in [0.2, 0.25) is 0 Å². The number of ether oxygens (including phenoxy) is 5. The van der Waals surface area contributed by atoms with E-state index in [1.807, 2.05) is 59.5 Å². The summed E-state index contributed by atoms with van der Waals surface area (Å²) < 4.78 is 154. The van der Waals surface area contributed by atoms with Crippen LogP contribution in [0, 0.1) is 24.4 Å². The Balaban J connectivity index is 1.22. The summed E-state index contributed by atoms with van der Waals surface area (Å²) in [6.45, 7) is 2.49. The zero-order valence-electron chi connectivity index (χ0n) is 43.5. The van der Waals surface area contributed by atoms with Crippen molar-refractivity contribution in [2.24, 2.45) is 0 Å². The van der Waals surface area contributed by atoms with E-state index < -0.39 is 84.1 Å². The lowest BCUT2D eigenvalue weighted by molar-refractivity contribution is -0.137. The van der Waals surface area contributed by atoms with Gasteiger partial charge in [0.05, 0.1) is 52.2 Å². The van der Waals surface area contributed by atoms with Crippen molar-refractivity contribution in [3.63, 3.8) is 0 Å². The fourth-order valence-corrected chi connectivity index (χ4v) is 10.0. The van der Waals surface area contributed by atoms with Gasteiger partial charge in [-0.1, -0.05) is 54.6 Å². The Hall–Kier alpha value is -8.33. The summed E-state index contributed by atoms with van der Waals surface area (Å²) in [4.78, 5) is 22.6. The minimum Gasteiger partial charge on any atom is -0.497 e. The van der Waals surface area contributed by atoms with Gasteiger partial charge >= 0.3 is 6.18 Å². The van der Waals surface area contributed by atoms with Gasteiger partial charge in [0.25, 0.3) is 0 Å². The van der Waals surface area contributed by atoms with Crippen LogP contribution < -0.4 is 38.4 Å². The third-order valence-electron chi connectivity index (χ3n) is 13.5. The summed E-state index contributed by atoms with van der Waals surface area (Å²) in [6, 6.07) is 30.8. The minimum atomic E-state index is -5.49. The molecule has 14 nitrogen and oxygen atoms in total. The Morgan fingerprint density at radius 2 is 1.14 bits per heavy atom. The molecule has 0 fully saturated rings. The number of alkyl halides is 3. The molecule has 5 aromatic carbocycles. The molecule has 0 N–H and O–H groups in total. The van der Waals surface area contributed by atoms with Crippen LogP contribution in [0.15, 0.2) is 121 Å². The summed E-state index contributed by atoms with van der Waals surface area (Å²) in [5, 5.41) is -1.20. The van der Waals surface area contributed by atoms with E-state index in [2.05, 4.69) is 15.0 Å². The number of halogens is 6. The molecule has 1 atom stereocenters. The van der Waals surface area contributed by atoms with Gasteiger partial charge in [-0.15, -0.1) is 0 Å². The summed E-state index contributed by atoms with van der Waals surface area (Å²) >= 11 is 0. The van der Waals surface area contributed by atoms with Crippen LogP contribution in [0.25, 0.3) is 22.2 Å². The zero-order chi connectivity index (χ0) is 55.6. The Bertz CT molecular complexity index is 3500. The largest absolute Gasteiger partial charge is 0.497 e. The molecule has 78 heavy (non-hydrogen) atoms. The van der Waals surface area contributed by atoms with Gasteiger partial charge in [-0.3, -0.25) is 0 Å². The molecule has 0 radical (unpaired) electrons. The summed E-state index contributed by atoms with van der Waals surface area (Å²) in [5.41, 5.74) is -3.96. The van der Waals surface area contributed by atoms with Gasteiger partial charge in [0.15, 0.2) is 17.5 Å². The number of rotatable bonds is 18. The van der Waals surface area contributed by atoms with E-state index in [9.17, 15) is 8.42 Å². The van der Waals surface area contributed by atoms with Crippen molar-refractivity contribution < 1.29 is 58.4 Å². The highest BCUT2D eigenvalue weighted by Gasteiger charge is 2.43. The zero-order valence-corrected chi connectivity index (χ0v) is 44.3. The first-order valence-corrected chi connectivity index (χ1v) is 26.3. The van der Waals surface area contributed by atoms with Crippen molar-refractivity contribution in [2.75, 3.05) is 62.5 Å². The molecule has 9 rings (SSSR count). The number of nitrogens with zero attached hydrogens (tertiary/aromatic N) is 7. The SMILES string of the molecule is COc1ccc(CN(Cc2ccc(OC)cc2)c2ncccc2[C@@H](C)N2CCOc3nc(-c4c(F)c(N(Cc5ccc(OC)cc5)Cc5ccc(OC)cc5)c(F)c(C)c4C(F)(F)F)c(F)c4nc(S(C)(=O)=O)nc2c34)cc1. The molecular weight excluding hydrogens is 1040 g/mol. The van der Waals surface area contributed by atoms with Crippen molar-refractivity contribution in [2.45, 2.75) is 57.4 Å². The maximum atomic E-state index is 17.9. The number of hydrogen-bond acceptors (Lipinski definition) is 14. The number of benzene rings is 5. The first-order valence-electron chi connectivity index (χ1n) is 24.4. The third-order valence-corrected chi connectivity index (χ3v) is 14.3. The molecule has 406 valence electrons. The van der Waals surface area contributed by atoms with Crippen LogP contribution in [0.4, 0.5) is 43.7 Å². The third kappa shape index (κ3) is 11.1. The molecule has 4 heterocycles. The molecule has 21 heteroatoms. The molecule has 0 bridgehead atoms. The van der Waals surface area contributed by atoms with E-state index in [0.29, 0.717) is 58.6 Å². The van der Waals surface area contributed by atoms with E-state index >= 15 is 26.3 Å². The second-order valence-corrected chi connectivity index (χ2v) is 20.4. The Kier molecular flexibility index (Phi) is 15.6. The van der Waals surface area contributed by atoms with Gasteiger partial charge in [0.1, 0.15) is 63.5 Å². The number of pyridine rings is 2. The van der Waals surface area contributed by atoms with E-state index in [-0.39, 0.29) is 37.4 Å². The highest BCUT2D eigenvalue weighted by Crippen LogP contribution is 2.49. The average Bonchev–Trinajstić information content (AvgIpc) is 3.81. The summed E-state index contributed by atoms with van der Waals surface area (Å²) in [5.74, 6) is -2.93. The van der Waals surface area contributed by atoms with Crippen molar-refractivity contribution in [3.8, 4) is 40.1 Å². The van der Waals surface area contributed by atoms with Gasteiger partial charge in [-0.25, -0.2) is 41.5 Å². The average molecular weight is 1090 g/mol. The van der Waals surface area contributed by atoms with Crippen molar-refractivity contribution >= 4 is 38.1 Å². The molecule has 0 unspecified atom stereocenters. The maximum Gasteiger partial charge on any atom is 0.417 e. The van der Waals surface area contributed by atoms with Crippen LogP contribution >= 0.6 is 0 Å². The predicted molar refractivity (Wildman–Crippen MR) is 283 cm³/mol. The summed E-state index contributed by atoms with van der Waals surface area (Å²) in [7, 11) is 1.64. The van der Waals surface area contributed by atoms with Crippen LogP contribution in [-0.4, -0.2) is 76.2 Å². The van der Waals surface area contributed by atoms with E-state index in [1.165, 1.54) is 19.1 Å². The van der Waals surface area contributed by atoms with Gasteiger partial charge in [0, 0.05) is 44.2 Å². The van der Waals surface area contributed by atoms with Crippen LogP contribution in [0.5, 0.6) is 28.9 Å². The molecule has 0 aliphatic carbocycles. The molecule has 0 spiro atoms. The topological polar surface area (TPSA) is 142 Å². The monoisotopic (exact) mass is 1090 g/mol. The quantitative estimate of drug-likeness (QED) is 0.0594. The van der Waals surface area contributed by atoms with Crippen molar-refractivity contribution in [1.82, 2.24) is 19.9 Å². The molecule has 0 saturated carbocycles. The maximum absolute atomic E-state index is 17.9. The fourth-order valence-electron chi connectivity index (χ4n) is 9.52. The Labute approximate surface area is 446 Å². The number of aromatic nitrogens is 4. The molecular formula is C57H53F6N7O7S. The number of hydrogen-bond donors (Lipinski definition) is 0. The standard InChI is InChI=1S/C57H53F6N7O7S/c1-33-46(57(61,62)63)44(48(59)52(47(33)58)68(29-35-10-18-39(73-3)19-11-35)30-36-12-20-40(74-4)21-13-36)50-49(60)51-45-54(67-56(66-51)78(7,71)72)70(27-28-77-55(45)65-50)34(2)43-9-8-26-64-53(43)69(31-37-14-22-41(75-5)23-15-37)32-38-16-24-42(76-6)25-17-38/h8-26,34H,27-32H2,1-7H3/t34-/m1/s1. The van der Waals surface area contributed by atoms with Gasteiger partial charge in [0.2, 0.25) is 20.9 Å². The van der Waals surface area contributed by atoms with Crippen molar-refractivity contribution in [3.05, 3.63) is 172 Å². The Morgan fingerprint density at radius 3 is 1.59 bits per heavy atom. The lowest BCUT2D eigenvalue weighted by Gasteiger charge is -2.33. The second kappa shape index (κ2) is 22.3. The van der Waals surface area contributed by atoms with Gasteiger partial charge in [-0.2, -0.15) is 13.2 Å². The Morgan fingerprint density at radius 1 is 0.667 bits per heavy atom. The first-order chi connectivity index (χ1) is 37.3. The van der Waals surface area contributed by atoms with Gasteiger partial charge in [-0.05, 0) is 96.3 Å². The smallest absolute Gasteiger partial charge is 0.417 e. The molecule has 0 saturated heterocycles. The van der Waals surface area contributed by atoms with Crippen molar-refractivity contribution in [1.29, 1.82) is 0 Å². The lowest BCUT2D eigenvalue weighted by atomic mass is 9.94. The first kappa shape index (κ1) is 54.5. The van der Waals surface area contributed by atoms with Crippen LogP contribution in [0.1, 0.15) is 51.9 Å². The highest BCUT2D eigenvalue weighted by atomic mass is 32.2. The molecule has 3 aromatic heterocycles. The predicted octanol–water partition coefficient (Wildman–Crippen LogP) is 11.6. The van der Waals surface area contributed by atoms with E-state index in [0.717, 1.165) is 24.3 Å². The number of sulfone groups is 1. The summed E-state index contributed by atoms with van der Waals surface area (Å²) in [6.07, 6.45) is -3.08. The molecule has 0 amide bonds. The lowest BCUT2D eigenvalue weighted by Crippen LogP contribution is -2.33. The van der Waals surface area contributed by atoms with Crippen LogP contribution in [0.3, 0.4) is 0 Å². The highest BCUT2D eigenvalue weighted by molar-refractivity contribution is 7.90. The fraction of sp³-hybridized carbons (Fsp3) is 0.263. The van der Waals surface area contributed by atoms with E-state index in [1.54, 1.807) is 86.8 Å². The van der Waals surface area contributed by atoms with Gasteiger partial charge < -0.3 is 38.4 Å².